The van der Waals surface area contributed by atoms with Crippen molar-refractivity contribution in [2.45, 2.75) is 26.2 Å². The third-order valence-corrected chi connectivity index (χ3v) is 3.17. The standard InChI is InChI=1S/C13H18N2O3/c1-8-11-9(16)4-3-5-10(11)18-12(8)13(17)15-7-6-14-2/h14H,3-7H2,1-2H3,(H,15,17). The molecule has 0 bridgehead atoms. The number of amides is 1. The van der Waals surface area contributed by atoms with Crippen LogP contribution in [-0.4, -0.2) is 31.8 Å². The second-order valence-corrected chi connectivity index (χ2v) is 4.49. The molecule has 1 amide bonds. The summed E-state index contributed by atoms with van der Waals surface area (Å²) in [6, 6.07) is 0. The number of nitrogens with one attached hydrogen (secondary N) is 2. The number of rotatable bonds is 4. The summed E-state index contributed by atoms with van der Waals surface area (Å²) in [5.41, 5.74) is 1.30. The quantitative estimate of drug-likeness (QED) is 0.784. The van der Waals surface area contributed by atoms with Gasteiger partial charge in [-0.05, 0) is 20.4 Å². The number of Topliss-reactive ketones (excluding diaryl/α,β-unsaturated/α-hetero) is 1. The molecular formula is C13H18N2O3. The van der Waals surface area contributed by atoms with E-state index in [4.69, 9.17) is 4.42 Å². The van der Waals surface area contributed by atoms with Crippen LogP contribution in [-0.2, 0) is 6.42 Å². The first kappa shape index (κ1) is 12.8. The van der Waals surface area contributed by atoms with Crippen LogP contribution in [0, 0.1) is 6.92 Å². The fourth-order valence-corrected chi connectivity index (χ4v) is 2.25. The number of aryl methyl sites for hydroxylation is 1. The van der Waals surface area contributed by atoms with E-state index in [2.05, 4.69) is 10.6 Å². The van der Waals surface area contributed by atoms with E-state index in [9.17, 15) is 9.59 Å². The van der Waals surface area contributed by atoms with Crippen molar-refractivity contribution in [2.24, 2.45) is 0 Å². The number of fused-ring (bicyclic) bond motifs is 1. The summed E-state index contributed by atoms with van der Waals surface area (Å²) in [5.74, 6) is 0.797. The monoisotopic (exact) mass is 250 g/mol. The predicted molar refractivity (Wildman–Crippen MR) is 67.0 cm³/mol. The van der Waals surface area contributed by atoms with Crippen LogP contribution in [0.3, 0.4) is 0 Å². The van der Waals surface area contributed by atoms with Gasteiger partial charge >= 0.3 is 0 Å². The lowest BCUT2D eigenvalue weighted by Gasteiger charge is -2.07. The summed E-state index contributed by atoms with van der Waals surface area (Å²) in [5, 5.41) is 5.70. The van der Waals surface area contributed by atoms with Crippen molar-refractivity contribution >= 4 is 11.7 Å². The molecule has 0 saturated heterocycles. The third kappa shape index (κ3) is 2.31. The van der Waals surface area contributed by atoms with E-state index < -0.39 is 0 Å². The van der Waals surface area contributed by atoms with Crippen LogP contribution in [0.25, 0.3) is 0 Å². The maximum atomic E-state index is 11.9. The van der Waals surface area contributed by atoms with Gasteiger partial charge in [-0.25, -0.2) is 0 Å². The van der Waals surface area contributed by atoms with E-state index >= 15 is 0 Å². The van der Waals surface area contributed by atoms with Crippen molar-refractivity contribution in [1.29, 1.82) is 0 Å². The Hall–Kier alpha value is -1.62. The first-order valence-corrected chi connectivity index (χ1v) is 6.23. The second-order valence-electron chi connectivity index (χ2n) is 4.49. The smallest absolute Gasteiger partial charge is 0.287 e. The Kier molecular flexibility index (Phi) is 3.81. The maximum absolute atomic E-state index is 11.9. The minimum atomic E-state index is -0.245. The molecule has 0 saturated carbocycles. The summed E-state index contributed by atoms with van der Waals surface area (Å²) >= 11 is 0. The molecule has 0 aliphatic heterocycles. The van der Waals surface area contributed by atoms with Crippen LogP contribution < -0.4 is 10.6 Å². The first-order chi connectivity index (χ1) is 8.65. The molecule has 0 aromatic carbocycles. The third-order valence-electron chi connectivity index (χ3n) is 3.17. The zero-order valence-electron chi connectivity index (χ0n) is 10.8. The van der Waals surface area contributed by atoms with Gasteiger partial charge in [0.1, 0.15) is 5.76 Å². The Labute approximate surface area is 106 Å². The lowest BCUT2D eigenvalue weighted by molar-refractivity contribution is 0.0920. The molecule has 0 radical (unpaired) electrons. The van der Waals surface area contributed by atoms with Crippen molar-refractivity contribution in [2.75, 3.05) is 20.1 Å². The highest BCUT2D eigenvalue weighted by atomic mass is 16.4. The van der Waals surface area contributed by atoms with E-state index in [1.54, 1.807) is 6.92 Å². The number of hydrogen-bond donors (Lipinski definition) is 2. The number of likely N-dealkylation sites (N-methyl/N-ethyl adjacent to an activating group) is 1. The van der Waals surface area contributed by atoms with Gasteiger partial charge in [0.25, 0.3) is 5.91 Å². The second kappa shape index (κ2) is 5.35. The number of carbonyl (C=O) groups is 2. The molecule has 1 aliphatic rings. The van der Waals surface area contributed by atoms with Gasteiger partial charge in [-0.1, -0.05) is 0 Å². The molecule has 1 heterocycles. The van der Waals surface area contributed by atoms with Gasteiger partial charge in [0.15, 0.2) is 11.5 Å². The minimum Gasteiger partial charge on any atom is -0.455 e. The highest BCUT2D eigenvalue weighted by Gasteiger charge is 2.28. The fraction of sp³-hybridized carbons (Fsp3) is 0.538. The van der Waals surface area contributed by atoms with Crippen molar-refractivity contribution in [3.05, 3.63) is 22.6 Å². The van der Waals surface area contributed by atoms with Crippen LogP contribution >= 0.6 is 0 Å². The van der Waals surface area contributed by atoms with Gasteiger partial charge < -0.3 is 15.1 Å². The van der Waals surface area contributed by atoms with E-state index in [0.29, 0.717) is 36.4 Å². The van der Waals surface area contributed by atoms with Gasteiger partial charge in [-0.3, -0.25) is 9.59 Å². The number of carbonyl (C=O) groups excluding carboxylic acids is 2. The molecule has 5 nitrogen and oxygen atoms in total. The van der Waals surface area contributed by atoms with Crippen molar-refractivity contribution in [1.82, 2.24) is 10.6 Å². The summed E-state index contributed by atoms with van der Waals surface area (Å²) in [7, 11) is 1.82. The topological polar surface area (TPSA) is 71.3 Å². The summed E-state index contributed by atoms with van der Waals surface area (Å²) < 4.78 is 5.55. The zero-order chi connectivity index (χ0) is 13.1. The van der Waals surface area contributed by atoms with E-state index in [-0.39, 0.29) is 17.5 Å². The van der Waals surface area contributed by atoms with Crippen molar-refractivity contribution in [3.63, 3.8) is 0 Å². The molecule has 18 heavy (non-hydrogen) atoms. The summed E-state index contributed by atoms with van der Waals surface area (Å²) in [6.07, 6.45) is 2.10. The lowest BCUT2D eigenvalue weighted by Crippen LogP contribution is -2.30. The molecule has 98 valence electrons. The first-order valence-electron chi connectivity index (χ1n) is 6.23. The highest BCUT2D eigenvalue weighted by molar-refractivity contribution is 6.03. The van der Waals surface area contributed by atoms with E-state index in [1.807, 2.05) is 7.05 Å². The summed E-state index contributed by atoms with van der Waals surface area (Å²) in [6.45, 7) is 3.01. The van der Waals surface area contributed by atoms with Crippen LogP contribution in [0.5, 0.6) is 0 Å². The molecule has 2 N–H and O–H groups in total. The van der Waals surface area contributed by atoms with Gasteiger partial charge in [0.2, 0.25) is 0 Å². The number of ketones is 1. The average molecular weight is 250 g/mol. The molecule has 1 aromatic heterocycles. The van der Waals surface area contributed by atoms with Crippen LogP contribution in [0.1, 0.15) is 45.1 Å². The van der Waals surface area contributed by atoms with Crippen LogP contribution in [0.2, 0.25) is 0 Å². The average Bonchev–Trinajstić information content (AvgIpc) is 2.68. The van der Waals surface area contributed by atoms with Gasteiger partial charge in [-0.2, -0.15) is 0 Å². The molecule has 0 spiro atoms. The normalized spacial score (nSPS) is 14.4. The molecular weight excluding hydrogens is 232 g/mol. The Balaban J connectivity index is 2.19. The summed E-state index contributed by atoms with van der Waals surface area (Å²) in [4.78, 5) is 23.7. The van der Waals surface area contributed by atoms with Crippen LogP contribution in [0.4, 0.5) is 0 Å². The van der Waals surface area contributed by atoms with E-state index in [1.165, 1.54) is 0 Å². The molecule has 0 fully saturated rings. The number of hydrogen-bond acceptors (Lipinski definition) is 4. The Morgan fingerprint density at radius 2 is 2.11 bits per heavy atom. The molecule has 1 aromatic rings. The fourth-order valence-electron chi connectivity index (χ4n) is 2.25. The molecule has 5 heteroatoms. The Morgan fingerprint density at radius 3 is 2.78 bits per heavy atom. The van der Waals surface area contributed by atoms with Crippen molar-refractivity contribution < 1.29 is 14.0 Å². The zero-order valence-corrected chi connectivity index (χ0v) is 10.8. The van der Waals surface area contributed by atoms with Gasteiger partial charge in [-0.15, -0.1) is 0 Å². The molecule has 0 unspecified atom stereocenters. The van der Waals surface area contributed by atoms with Gasteiger partial charge in [0, 0.05) is 31.5 Å². The molecule has 2 rings (SSSR count). The Bertz CT molecular complexity index is 477. The lowest BCUT2D eigenvalue weighted by atomic mass is 9.94. The number of furan rings is 1. The molecule has 1 aliphatic carbocycles. The Morgan fingerprint density at radius 1 is 1.33 bits per heavy atom. The minimum absolute atomic E-state index is 0.0896. The predicted octanol–water partition coefficient (Wildman–Crippen LogP) is 1.06. The molecule has 0 atom stereocenters. The largest absolute Gasteiger partial charge is 0.455 e. The highest BCUT2D eigenvalue weighted by Crippen LogP contribution is 2.29. The SMILES string of the molecule is CNCCNC(=O)c1oc2c(c1C)C(=O)CCC2. The van der Waals surface area contributed by atoms with Gasteiger partial charge in [0.05, 0.1) is 5.56 Å². The van der Waals surface area contributed by atoms with Crippen molar-refractivity contribution in [3.8, 4) is 0 Å². The van der Waals surface area contributed by atoms with E-state index in [0.717, 1.165) is 12.8 Å². The maximum Gasteiger partial charge on any atom is 0.287 e. The van der Waals surface area contributed by atoms with Crippen LogP contribution in [0.15, 0.2) is 4.42 Å².